The summed E-state index contributed by atoms with van der Waals surface area (Å²) in [6, 6.07) is 14.5. The molecule has 164 valence electrons. The molecule has 0 spiro atoms. The maximum Gasteiger partial charge on any atom is 0.229 e. The minimum Gasteiger partial charge on any atom is -0.379 e. The highest BCUT2D eigenvalue weighted by Crippen LogP contribution is 2.32. The highest BCUT2D eigenvalue weighted by Gasteiger charge is 2.22. The first kappa shape index (κ1) is 22.3. The molecule has 1 aromatic heterocycles. The number of amides is 1. The summed E-state index contributed by atoms with van der Waals surface area (Å²) in [5.74, 6) is 0.907. The van der Waals surface area contributed by atoms with E-state index in [1.807, 2.05) is 23.1 Å². The van der Waals surface area contributed by atoms with E-state index in [4.69, 9.17) is 9.72 Å². The average molecular weight is 456 g/mol. The first-order chi connectivity index (χ1) is 15.1. The van der Waals surface area contributed by atoms with Crippen LogP contribution in [-0.2, 0) is 9.53 Å². The van der Waals surface area contributed by atoms with Crippen molar-refractivity contribution in [1.29, 1.82) is 0 Å². The zero-order valence-electron chi connectivity index (χ0n) is 18.2. The molecule has 5 nitrogen and oxygen atoms in total. The number of carbonyl (C=O) groups excluding carboxylic acids is 1. The Morgan fingerprint density at radius 2 is 1.97 bits per heavy atom. The molecule has 2 aromatic carbocycles. The van der Waals surface area contributed by atoms with Gasteiger partial charge in [0.05, 0.1) is 23.4 Å². The fourth-order valence-corrected chi connectivity index (χ4v) is 5.70. The monoisotopic (exact) mass is 455 g/mol. The molecule has 0 aliphatic carbocycles. The number of rotatable bonds is 8. The van der Waals surface area contributed by atoms with Gasteiger partial charge in [0.2, 0.25) is 5.91 Å². The Hall–Kier alpha value is -1.93. The summed E-state index contributed by atoms with van der Waals surface area (Å²) >= 11 is 3.35. The largest absolute Gasteiger partial charge is 0.379 e. The number of hydrogen-bond acceptors (Lipinski definition) is 6. The van der Waals surface area contributed by atoms with Crippen molar-refractivity contribution in [3.63, 3.8) is 0 Å². The molecule has 7 heteroatoms. The predicted molar refractivity (Wildman–Crippen MR) is 130 cm³/mol. The van der Waals surface area contributed by atoms with Crippen molar-refractivity contribution >= 4 is 44.4 Å². The van der Waals surface area contributed by atoms with Crippen molar-refractivity contribution in [2.24, 2.45) is 0 Å². The number of benzene rings is 2. The zero-order valence-corrected chi connectivity index (χ0v) is 19.8. The summed E-state index contributed by atoms with van der Waals surface area (Å²) in [6.45, 7) is 9.08. The van der Waals surface area contributed by atoms with Crippen LogP contribution in [0.4, 0.5) is 5.13 Å². The van der Waals surface area contributed by atoms with E-state index in [2.05, 4.69) is 43.0 Å². The van der Waals surface area contributed by atoms with Crippen molar-refractivity contribution in [2.45, 2.75) is 25.2 Å². The fraction of sp³-hybridized carbons (Fsp3) is 0.417. The third kappa shape index (κ3) is 5.86. The first-order valence-corrected chi connectivity index (χ1v) is 12.6. The van der Waals surface area contributed by atoms with Gasteiger partial charge in [-0.05, 0) is 43.2 Å². The number of hydrogen-bond donors (Lipinski definition) is 0. The Bertz CT molecular complexity index is 1020. The normalized spacial score (nSPS) is 14.8. The number of anilines is 1. The van der Waals surface area contributed by atoms with Gasteiger partial charge in [-0.25, -0.2) is 4.98 Å². The number of ether oxygens (including phenoxy) is 1. The summed E-state index contributed by atoms with van der Waals surface area (Å²) in [5.41, 5.74) is 3.41. The highest BCUT2D eigenvalue weighted by atomic mass is 32.2. The van der Waals surface area contributed by atoms with E-state index in [-0.39, 0.29) is 5.91 Å². The van der Waals surface area contributed by atoms with Gasteiger partial charge in [0.25, 0.3) is 0 Å². The summed E-state index contributed by atoms with van der Waals surface area (Å²) in [5, 5.41) is 0.812. The van der Waals surface area contributed by atoms with Crippen LogP contribution in [0.3, 0.4) is 0 Å². The van der Waals surface area contributed by atoms with E-state index < -0.39 is 0 Å². The fourth-order valence-electron chi connectivity index (χ4n) is 3.78. The van der Waals surface area contributed by atoms with Crippen LogP contribution in [0, 0.1) is 13.8 Å². The summed E-state index contributed by atoms with van der Waals surface area (Å²) in [6.07, 6.45) is 0.497. The highest BCUT2D eigenvalue weighted by molar-refractivity contribution is 7.99. The molecular weight excluding hydrogens is 426 g/mol. The molecule has 0 N–H and O–H groups in total. The van der Waals surface area contributed by atoms with Crippen LogP contribution in [0.5, 0.6) is 0 Å². The van der Waals surface area contributed by atoms with Gasteiger partial charge in [0.1, 0.15) is 0 Å². The molecule has 0 saturated carbocycles. The average Bonchev–Trinajstić information content (AvgIpc) is 3.19. The number of nitrogens with zero attached hydrogens (tertiary/aromatic N) is 3. The lowest BCUT2D eigenvalue weighted by atomic mass is 10.1. The molecule has 3 aromatic rings. The topological polar surface area (TPSA) is 45.7 Å². The lowest BCUT2D eigenvalue weighted by Crippen LogP contribution is -2.43. The second-order valence-corrected chi connectivity index (χ2v) is 9.98. The number of carbonyl (C=O) groups is 1. The Kier molecular flexibility index (Phi) is 7.61. The number of thiazole rings is 1. The molecule has 0 bridgehead atoms. The second-order valence-electron chi connectivity index (χ2n) is 7.84. The zero-order chi connectivity index (χ0) is 21.6. The molecule has 31 heavy (non-hydrogen) atoms. The van der Waals surface area contributed by atoms with E-state index in [9.17, 15) is 4.79 Å². The molecule has 1 amide bonds. The smallest absolute Gasteiger partial charge is 0.229 e. The third-order valence-electron chi connectivity index (χ3n) is 5.41. The van der Waals surface area contributed by atoms with Crippen LogP contribution >= 0.6 is 23.1 Å². The van der Waals surface area contributed by atoms with Gasteiger partial charge in [-0.3, -0.25) is 14.6 Å². The first-order valence-electron chi connectivity index (χ1n) is 10.8. The van der Waals surface area contributed by atoms with E-state index in [0.29, 0.717) is 13.0 Å². The van der Waals surface area contributed by atoms with Crippen molar-refractivity contribution in [3.05, 3.63) is 53.6 Å². The number of aromatic nitrogens is 1. The molecule has 0 radical (unpaired) electrons. The van der Waals surface area contributed by atoms with Crippen LogP contribution < -0.4 is 4.90 Å². The summed E-state index contributed by atoms with van der Waals surface area (Å²) < 4.78 is 6.63. The number of morpholine rings is 1. The molecule has 0 unspecified atom stereocenters. The van der Waals surface area contributed by atoms with Crippen LogP contribution in [-0.4, -0.2) is 60.9 Å². The Morgan fingerprint density at radius 3 is 2.74 bits per heavy atom. The van der Waals surface area contributed by atoms with Crippen molar-refractivity contribution < 1.29 is 9.53 Å². The lowest BCUT2D eigenvalue weighted by molar-refractivity contribution is -0.118. The van der Waals surface area contributed by atoms with E-state index in [0.717, 1.165) is 49.2 Å². The Balaban J connectivity index is 1.49. The van der Waals surface area contributed by atoms with E-state index in [1.165, 1.54) is 20.7 Å². The van der Waals surface area contributed by atoms with Gasteiger partial charge in [0, 0.05) is 43.2 Å². The van der Waals surface area contributed by atoms with Crippen LogP contribution in [0.15, 0.2) is 47.4 Å². The van der Waals surface area contributed by atoms with Crippen molar-refractivity contribution in [2.75, 3.05) is 50.0 Å². The molecule has 1 aliphatic rings. The van der Waals surface area contributed by atoms with Crippen LogP contribution in [0.1, 0.15) is 17.5 Å². The molecule has 0 atom stereocenters. The number of fused-ring (bicyclic) bond motifs is 1. The molecule has 4 rings (SSSR count). The van der Waals surface area contributed by atoms with E-state index >= 15 is 0 Å². The van der Waals surface area contributed by atoms with E-state index in [1.54, 1.807) is 23.1 Å². The van der Waals surface area contributed by atoms with Gasteiger partial charge in [-0.15, -0.1) is 11.8 Å². The van der Waals surface area contributed by atoms with Gasteiger partial charge in [0.15, 0.2) is 5.13 Å². The summed E-state index contributed by atoms with van der Waals surface area (Å²) in [4.78, 5) is 23.6. The standard InChI is InChI=1S/C24H29N3O2S2/c1-18-16-19(2)23-21(17-18)25-24(31-23)27(10-9-26-11-13-29-14-12-26)22(28)8-15-30-20-6-4-3-5-7-20/h3-7,16-17H,8-15H2,1-2H3. The minimum absolute atomic E-state index is 0.144. The maximum atomic E-state index is 13.3. The maximum absolute atomic E-state index is 13.3. The molecule has 2 heterocycles. The lowest BCUT2D eigenvalue weighted by Gasteiger charge is -2.29. The SMILES string of the molecule is Cc1cc(C)c2sc(N(CCN3CCOCC3)C(=O)CCSc3ccccc3)nc2c1. The molecule has 1 fully saturated rings. The minimum atomic E-state index is 0.144. The van der Waals surface area contributed by atoms with Crippen molar-refractivity contribution in [1.82, 2.24) is 9.88 Å². The van der Waals surface area contributed by atoms with Crippen molar-refractivity contribution in [3.8, 4) is 0 Å². The molecular formula is C24H29N3O2S2. The Labute approximate surface area is 192 Å². The van der Waals surface area contributed by atoms with Crippen LogP contribution in [0.25, 0.3) is 10.2 Å². The van der Waals surface area contributed by atoms with Gasteiger partial charge >= 0.3 is 0 Å². The number of thioether (sulfide) groups is 1. The quantitative estimate of drug-likeness (QED) is 0.458. The second kappa shape index (κ2) is 10.6. The third-order valence-corrected chi connectivity index (χ3v) is 7.66. The Morgan fingerprint density at radius 1 is 1.19 bits per heavy atom. The predicted octanol–water partition coefficient (Wildman–Crippen LogP) is 4.76. The summed E-state index contributed by atoms with van der Waals surface area (Å²) in [7, 11) is 0. The van der Waals surface area contributed by atoms with Gasteiger partial charge in [-0.1, -0.05) is 35.6 Å². The number of aryl methyl sites for hydroxylation is 2. The van der Waals surface area contributed by atoms with Crippen LogP contribution in [0.2, 0.25) is 0 Å². The molecule has 1 saturated heterocycles. The van der Waals surface area contributed by atoms with Gasteiger partial charge < -0.3 is 4.74 Å². The molecule has 1 aliphatic heterocycles. The van der Waals surface area contributed by atoms with Gasteiger partial charge in [-0.2, -0.15) is 0 Å².